The highest BCUT2D eigenvalue weighted by Gasteiger charge is 2.31. The van der Waals surface area contributed by atoms with Crippen LogP contribution in [0.5, 0.6) is 0 Å². The van der Waals surface area contributed by atoms with Crippen LogP contribution in [0.2, 0.25) is 0 Å². The first-order valence-corrected chi connectivity index (χ1v) is 11.5. The lowest BCUT2D eigenvalue weighted by Gasteiger charge is -2.28. The van der Waals surface area contributed by atoms with Crippen LogP contribution in [0.4, 0.5) is 11.4 Å². The van der Waals surface area contributed by atoms with Crippen LogP contribution in [0.3, 0.4) is 0 Å². The van der Waals surface area contributed by atoms with Crippen molar-refractivity contribution in [1.82, 2.24) is 4.90 Å². The molecule has 0 saturated carbocycles. The second-order valence-corrected chi connectivity index (χ2v) is 9.00. The van der Waals surface area contributed by atoms with E-state index in [1.165, 1.54) is 4.90 Å². The Morgan fingerprint density at radius 1 is 1.00 bits per heavy atom. The zero-order valence-electron chi connectivity index (χ0n) is 17.7. The zero-order valence-corrected chi connectivity index (χ0v) is 18.5. The van der Waals surface area contributed by atoms with E-state index in [9.17, 15) is 14.4 Å². The molecule has 0 aliphatic carbocycles. The molecule has 2 aromatic rings. The highest BCUT2D eigenvalue weighted by molar-refractivity contribution is 8.13. The first-order valence-electron chi connectivity index (χ1n) is 10.5. The molecule has 0 bridgehead atoms. The summed E-state index contributed by atoms with van der Waals surface area (Å²) in [4.78, 5) is 45.0. The summed E-state index contributed by atoms with van der Waals surface area (Å²) in [5.41, 5.74) is 3.06. The average molecular weight is 436 g/mol. The van der Waals surface area contributed by atoms with Gasteiger partial charge in [0, 0.05) is 30.7 Å². The second-order valence-electron chi connectivity index (χ2n) is 7.94. The predicted molar refractivity (Wildman–Crippen MR) is 124 cm³/mol. The molecule has 0 N–H and O–H groups in total. The topological polar surface area (TPSA) is 70.1 Å². The van der Waals surface area contributed by atoms with Crippen molar-refractivity contribution in [2.45, 2.75) is 39.0 Å². The summed E-state index contributed by atoms with van der Waals surface area (Å²) in [6.45, 7) is 4.88. The van der Waals surface area contributed by atoms with Gasteiger partial charge in [-0.25, -0.2) is 4.99 Å². The third-order valence-electron chi connectivity index (χ3n) is 5.43. The maximum Gasteiger partial charge on any atom is 0.259 e. The Hall–Kier alpha value is -2.93. The van der Waals surface area contributed by atoms with Crippen molar-refractivity contribution < 1.29 is 14.4 Å². The van der Waals surface area contributed by atoms with Crippen molar-refractivity contribution in [3.8, 4) is 0 Å². The van der Waals surface area contributed by atoms with E-state index >= 15 is 0 Å². The second kappa shape index (κ2) is 9.06. The fourth-order valence-corrected chi connectivity index (χ4v) is 4.74. The summed E-state index contributed by atoms with van der Waals surface area (Å²) in [5, 5.41) is 0.707. The SMILES string of the molecule is CC(C)c1ccccc1N=C1SCCCN1C(=O)c1ccc(N2C(=O)CCC2=O)cc1. The van der Waals surface area contributed by atoms with Gasteiger partial charge in [-0.05, 0) is 48.2 Å². The van der Waals surface area contributed by atoms with Gasteiger partial charge in [-0.3, -0.25) is 24.2 Å². The van der Waals surface area contributed by atoms with E-state index in [0.29, 0.717) is 28.9 Å². The largest absolute Gasteiger partial charge is 0.287 e. The number of para-hydroxylation sites is 1. The Balaban J connectivity index is 1.59. The fourth-order valence-electron chi connectivity index (χ4n) is 3.79. The number of amidine groups is 1. The molecule has 6 nitrogen and oxygen atoms in total. The summed E-state index contributed by atoms with van der Waals surface area (Å²) in [7, 11) is 0. The van der Waals surface area contributed by atoms with Gasteiger partial charge in [0.25, 0.3) is 5.91 Å². The highest BCUT2D eigenvalue weighted by Crippen LogP contribution is 2.30. The molecular weight excluding hydrogens is 410 g/mol. The van der Waals surface area contributed by atoms with Crippen LogP contribution >= 0.6 is 11.8 Å². The minimum absolute atomic E-state index is 0.126. The average Bonchev–Trinajstić information content (AvgIpc) is 3.12. The number of benzene rings is 2. The number of anilines is 1. The summed E-state index contributed by atoms with van der Waals surface area (Å²) in [6, 6.07) is 14.7. The van der Waals surface area contributed by atoms with Crippen LogP contribution in [0.25, 0.3) is 0 Å². The first-order chi connectivity index (χ1) is 15.0. The Kier molecular flexibility index (Phi) is 6.23. The predicted octanol–water partition coefficient (Wildman–Crippen LogP) is 4.73. The van der Waals surface area contributed by atoms with Gasteiger partial charge in [0.1, 0.15) is 0 Å². The third-order valence-corrected chi connectivity index (χ3v) is 6.49. The molecule has 0 unspecified atom stereocenters. The number of rotatable bonds is 4. The molecule has 4 rings (SSSR count). The van der Waals surface area contributed by atoms with Gasteiger partial charge in [0.15, 0.2) is 5.17 Å². The summed E-state index contributed by atoms with van der Waals surface area (Å²) < 4.78 is 0. The number of hydrogen-bond donors (Lipinski definition) is 0. The Bertz CT molecular complexity index is 1030. The van der Waals surface area contributed by atoms with Gasteiger partial charge in [-0.2, -0.15) is 0 Å². The number of thioether (sulfide) groups is 1. The van der Waals surface area contributed by atoms with Crippen LogP contribution < -0.4 is 4.90 Å². The van der Waals surface area contributed by atoms with E-state index in [0.717, 1.165) is 23.4 Å². The van der Waals surface area contributed by atoms with Crippen molar-refractivity contribution in [2.24, 2.45) is 4.99 Å². The van der Waals surface area contributed by atoms with Gasteiger partial charge >= 0.3 is 0 Å². The standard InChI is InChI=1S/C24H25N3O3S/c1-16(2)19-6-3-4-7-20(19)25-24-26(14-5-15-31-24)23(30)17-8-10-18(11-9-17)27-21(28)12-13-22(27)29/h3-4,6-11,16H,5,12-15H2,1-2H3. The van der Waals surface area contributed by atoms with Crippen molar-refractivity contribution in [1.29, 1.82) is 0 Å². The van der Waals surface area contributed by atoms with E-state index in [4.69, 9.17) is 4.99 Å². The van der Waals surface area contributed by atoms with Crippen LogP contribution in [0.15, 0.2) is 53.5 Å². The zero-order chi connectivity index (χ0) is 22.0. The fraction of sp³-hybridized carbons (Fsp3) is 0.333. The highest BCUT2D eigenvalue weighted by atomic mass is 32.2. The monoisotopic (exact) mass is 435 g/mol. The van der Waals surface area contributed by atoms with E-state index in [2.05, 4.69) is 19.9 Å². The van der Waals surface area contributed by atoms with Crippen molar-refractivity contribution in [3.63, 3.8) is 0 Å². The number of imide groups is 1. The van der Waals surface area contributed by atoms with Gasteiger partial charge in [-0.1, -0.05) is 43.8 Å². The molecule has 2 aromatic carbocycles. The number of amides is 3. The lowest BCUT2D eigenvalue weighted by molar-refractivity contribution is -0.121. The molecule has 3 amide bonds. The lowest BCUT2D eigenvalue weighted by atomic mass is 10.0. The maximum absolute atomic E-state index is 13.3. The number of aliphatic imine (C=N–C) groups is 1. The third kappa shape index (κ3) is 4.42. The van der Waals surface area contributed by atoms with E-state index in [1.807, 2.05) is 18.2 Å². The van der Waals surface area contributed by atoms with Gasteiger partial charge in [0.2, 0.25) is 11.8 Å². The molecular formula is C24H25N3O3S. The molecule has 7 heteroatoms. The molecule has 0 radical (unpaired) electrons. The quantitative estimate of drug-likeness (QED) is 0.651. The maximum atomic E-state index is 13.3. The van der Waals surface area contributed by atoms with E-state index in [-0.39, 0.29) is 30.6 Å². The number of nitrogens with zero attached hydrogens (tertiary/aromatic N) is 3. The number of hydrogen-bond acceptors (Lipinski definition) is 5. The molecule has 0 atom stereocenters. The molecule has 31 heavy (non-hydrogen) atoms. The van der Waals surface area contributed by atoms with Crippen molar-refractivity contribution in [2.75, 3.05) is 17.2 Å². The van der Waals surface area contributed by atoms with Gasteiger partial charge in [0.05, 0.1) is 11.4 Å². The smallest absolute Gasteiger partial charge is 0.259 e. The van der Waals surface area contributed by atoms with E-state index < -0.39 is 0 Å². The first kappa shape index (κ1) is 21.3. The minimum Gasteiger partial charge on any atom is -0.287 e. The Morgan fingerprint density at radius 2 is 1.68 bits per heavy atom. The Labute approximate surface area is 186 Å². The summed E-state index contributed by atoms with van der Waals surface area (Å²) >= 11 is 1.59. The normalized spacial score (nSPS) is 18.4. The molecule has 0 aromatic heterocycles. The molecule has 160 valence electrons. The van der Waals surface area contributed by atoms with Gasteiger partial charge in [-0.15, -0.1) is 0 Å². The van der Waals surface area contributed by atoms with Crippen LogP contribution in [-0.4, -0.2) is 40.1 Å². The van der Waals surface area contributed by atoms with Crippen molar-refractivity contribution in [3.05, 3.63) is 59.7 Å². The Morgan fingerprint density at radius 3 is 2.35 bits per heavy atom. The number of carbonyl (C=O) groups is 3. The number of carbonyl (C=O) groups excluding carboxylic acids is 3. The van der Waals surface area contributed by atoms with E-state index in [1.54, 1.807) is 40.9 Å². The van der Waals surface area contributed by atoms with Gasteiger partial charge < -0.3 is 0 Å². The lowest BCUT2D eigenvalue weighted by Crippen LogP contribution is -2.39. The molecule has 2 saturated heterocycles. The van der Waals surface area contributed by atoms with Crippen LogP contribution in [0, 0.1) is 0 Å². The minimum atomic E-state index is -0.199. The van der Waals surface area contributed by atoms with Crippen LogP contribution in [-0.2, 0) is 9.59 Å². The molecule has 2 aliphatic heterocycles. The van der Waals surface area contributed by atoms with Crippen LogP contribution in [0.1, 0.15) is 54.9 Å². The molecule has 0 spiro atoms. The molecule has 2 fully saturated rings. The van der Waals surface area contributed by atoms with Crippen molar-refractivity contribution >= 4 is 46.0 Å². The summed E-state index contributed by atoms with van der Waals surface area (Å²) in [6.07, 6.45) is 1.38. The molecule has 2 aliphatic rings. The summed E-state index contributed by atoms with van der Waals surface area (Å²) in [5.74, 6) is 0.731. The molecule has 2 heterocycles.